The smallest absolute Gasteiger partial charge is 0.250 e. The van der Waals surface area contributed by atoms with Crippen molar-refractivity contribution in [2.75, 3.05) is 11.4 Å². The summed E-state index contributed by atoms with van der Waals surface area (Å²) in [4.78, 5) is 27.2. The normalized spacial score (nSPS) is 18.8. The monoisotopic (exact) mass is 347 g/mol. The number of hydrogen-bond donors (Lipinski definition) is 2. The van der Waals surface area contributed by atoms with Gasteiger partial charge < -0.3 is 15.6 Å². The molecule has 3 N–H and O–H groups in total. The topological polar surface area (TPSA) is 87.9 Å². The highest BCUT2D eigenvalue weighted by Crippen LogP contribution is 2.35. The van der Waals surface area contributed by atoms with Gasteiger partial charge in [-0.1, -0.05) is 12.1 Å². The molecule has 2 aromatic heterocycles. The molecule has 132 valence electrons. The zero-order valence-corrected chi connectivity index (χ0v) is 14.7. The minimum Gasteiger partial charge on any atom is -0.366 e. The van der Waals surface area contributed by atoms with E-state index < -0.39 is 5.91 Å². The fourth-order valence-electron chi connectivity index (χ4n) is 4.07. The molecule has 1 amide bonds. The van der Waals surface area contributed by atoms with Gasteiger partial charge in [-0.05, 0) is 44.7 Å². The molecular formula is C20H21N5O. The number of para-hydroxylation sites is 1. The van der Waals surface area contributed by atoms with Gasteiger partial charge in [-0.2, -0.15) is 0 Å². The summed E-state index contributed by atoms with van der Waals surface area (Å²) in [7, 11) is 0. The Morgan fingerprint density at radius 2 is 2.19 bits per heavy atom. The number of nitrogens with zero attached hydrogens (tertiary/aromatic N) is 3. The Bertz CT molecular complexity index is 1040. The number of H-pyrrole nitrogens is 1. The Kier molecular flexibility index (Phi) is 3.29. The fourth-order valence-corrected chi connectivity index (χ4v) is 4.07. The number of anilines is 1. The molecule has 1 aromatic carbocycles. The highest BCUT2D eigenvalue weighted by atomic mass is 16.1. The summed E-state index contributed by atoms with van der Waals surface area (Å²) in [6.07, 6.45) is 4.30. The zero-order chi connectivity index (χ0) is 17.8. The number of benzene rings is 1. The van der Waals surface area contributed by atoms with E-state index in [-0.39, 0.29) is 0 Å². The van der Waals surface area contributed by atoms with E-state index in [4.69, 9.17) is 15.7 Å². The summed E-state index contributed by atoms with van der Waals surface area (Å²) in [6.45, 7) is 3.22. The fraction of sp³-hybridized carbons (Fsp3) is 0.350. The summed E-state index contributed by atoms with van der Waals surface area (Å²) in [5.41, 5.74) is 11.1. The van der Waals surface area contributed by atoms with Crippen LogP contribution >= 0.6 is 0 Å². The van der Waals surface area contributed by atoms with Gasteiger partial charge in [0.05, 0.1) is 22.5 Å². The minimum absolute atomic E-state index is 0.424. The van der Waals surface area contributed by atoms with E-state index in [2.05, 4.69) is 22.9 Å². The van der Waals surface area contributed by atoms with Crippen LogP contribution in [0.5, 0.6) is 0 Å². The summed E-state index contributed by atoms with van der Waals surface area (Å²) < 4.78 is 0. The second-order valence-corrected chi connectivity index (χ2v) is 7.30. The van der Waals surface area contributed by atoms with Crippen molar-refractivity contribution in [3.63, 3.8) is 0 Å². The molecule has 3 heterocycles. The first-order valence-electron chi connectivity index (χ1n) is 9.20. The van der Waals surface area contributed by atoms with E-state index in [0.717, 1.165) is 59.7 Å². The van der Waals surface area contributed by atoms with E-state index in [1.165, 1.54) is 12.0 Å². The van der Waals surface area contributed by atoms with Gasteiger partial charge in [0.25, 0.3) is 5.91 Å². The maximum Gasteiger partial charge on any atom is 0.250 e. The minimum atomic E-state index is -0.424. The maximum atomic E-state index is 11.7. The van der Waals surface area contributed by atoms with Crippen molar-refractivity contribution in [1.29, 1.82) is 0 Å². The largest absolute Gasteiger partial charge is 0.366 e. The average molecular weight is 347 g/mol. The lowest BCUT2D eigenvalue weighted by Gasteiger charge is -2.39. The third-order valence-corrected chi connectivity index (χ3v) is 5.67. The van der Waals surface area contributed by atoms with E-state index in [1.54, 1.807) is 6.07 Å². The predicted octanol–water partition coefficient (Wildman–Crippen LogP) is 2.81. The molecule has 1 aliphatic carbocycles. The number of fused-ring (bicyclic) bond motifs is 2. The third kappa shape index (κ3) is 2.21. The summed E-state index contributed by atoms with van der Waals surface area (Å²) in [5.74, 6) is 0.403. The number of nitrogens with one attached hydrogen (secondary N) is 1. The molecule has 3 aromatic rings. The number of carbonyl (C=O) groups is 1. The van der Waals surface area contributed by atoms with Crippen molar-refractivity contribution in [2.24, 2.45) is 5.73 Å². The molecule has 5 rings (SSSR count). The summed E-state index contributed by atoms with van der Waals surface area (Å²) in [5, 5.41) is 0.973. The van der Waals surface area contributed by atoms with Crippen molar-refractivity contribution in [3.05, 3.63) is 41.1 Å². The van der Waals surface area contributed by atoms with E-state index in [0.29, 0.717) is 11.6 Å². The highest BCUT2D eigenvalue weighted by molar-refractivity contribution is 6.06. The maximum absolute atomic E-state index is 11.7. The Balaban J connectivity index is 1.69. The van der Waals surface area contributed by atoms with E-state index in [9.17, 15) is 4.79 Å². The van der Waals surface area contributed by atoms with Gasteiger partial charge in [0.15, 0.2) is 0 Å². The van der Waals surface area contributed by atoms with Crippen LogP contribution in [0.25, 0.3) is 22.3 Å². The van der Waals surface area contributed by atoms with Gasteiger partial charge in [-0.15, -0.1) is 0 Å². The predicted molar refractivity (Wildman–Crippen MR) is 101 cm³/mol. The van der Waals surface area contributed by atoms with Crippen LogP contribution in [0.3, 0.4) is 0 Å². The third-order valence-electron chi connectivity index (χ3n) is 5.67. The first-order chi connectivity index (χ1) is 12.6. The molecule has 26 heavy (non-hydrogen) atoms. The molecule has 0 spiro atoms. The van der Waals surface area contributed by atoms with E-state index in [1.807, 2.05) is 12.1 Å². The van der Waals surface area contributed by atoms with Crippen LogP contribution in [0.2, 0.25) is 0 Å². The lowest BCUT2D eigenvalue weighted by atomic mass is 10.1. The van der Waals surface area contributed by atoms with Crippen molar-refractivity contribution < 1.29 is 4.79 Å². The number of aromatic amines is 1. The van der Waals surface area contributed by atoms with Crippen molar-refractivity contribution in [3.8, 4) is 11.4 Å². The number of amides is 1. The molecule has 0 saturated carbocycles. The van der Waals surface area contributed by atoms with Gasteiger partial charge in [0.2, 0.25) is 5.95 Å². The van der Waals surface area contributed by atoms with Crippen LogP contribution in [0, 0.1) is 0 Å². The van der Waals surface area contributed by atoms with Crippen LogP contribution in [-0.2, 0) is 12.8 Å². The molecule has 2 aliphatic rings. The molecule has 1 aliphatic heterocycles. The highest BCUT2D eigenvalue weighted by Gasteiger charge is 2.29. The van der Waals surface area contributed by atoms with Crippen molar-refractivity contribution >= 4 is 22.8 Å². The average Bonchev–Trinajstić information content (AvgIpc) is 3.25. The number of primary amides is 1. The molecule has 6 nitrogen and oxygen atoms in total. The van der Waals surface area contributed by atoms with Crippen LogP contribution in [0.4, 0.5) is 5.95 Å². The Labute approximate surface area is 151 Å². The van der Waals surface area contributed by atoms with Crippen molar-refractivity contribution in [1.82, 2.24) is 15.0 Å². The van der Waals surface area contributed by atoms with Gasteiger partial charge in [-0.25, -0.2) is 9.97 Å². The number of rotatable bonds is 3. The molecule has 0 unspecified atom stereocenters. The van der Waals surface area contributed by atoms with Crippen molar-refractivity contribution in [2.45, 2.75) is 38.6 Å². The Morgan fingerprint density at radius 3 is 2.92 bits per heavy atom. The number of hydrogen-bond acceptors (Lipinski definition) is 4. The molecule has 1 atom stereocenters. The number of aryl methyl sites for hydroxylation is 1. The van der Waals surface area contributed by atoms with Gasteiger partial charge in [-0.3, -0.25) is 4.79 Å². The lowest BCUT2D eigenvalue weighted by molar-refractivity contribution is 0.100. The zero-order valence-electron chi connectivity index (χ0n) is 14.7. The first kappa shape index (κ1) is 15.4. The standard InChI is InChI=1S/C20H21N5O/c1-11-8-9-25(11)20-23-15-7-3-5-13(15)18(24-20)16-10-12-4-2-6-14(19(21)26)17(12)22-16/h2,4,6,10-11,22H,3,5,7-9H2,1H3,(H2,21,26)/t11-/m0/s1. The van der Waals surface area contributed by atoms with Crippen LogP contribution < -0.4 is 10.6 Å². The SMILES string of the molecule is C[C@H]1CCN1c1nc2c(c(-c3cc4cccc(C(N)=O)c4[nH]3)n1)CCC2. The number of carbonyl (C=O) groups excluding carboxylic acids is 1. The van der Waals surface area contributed by atoms with Crippen LogP contribution in [0.1, 0.15) is 41.4 Å². The Hall–Kier alpha value is -2.89. The molecule has 1 saturated heterocycles. The molecule has 6 heteroatoms. The van der Waals surface area contributed by atoms with Crippen LogP contribution in [0.15, 0.2) is 24.3 Å². The molecule has 0 bridgehead atoms. The lowest BCUT2D eigenvalue weighted by Crippen LogP contribution is -2.46. The first-order valence-corrected chi connectivity index (χ1v) is 9.20. The number of nitrogens with two attached hydrogens (primary N) is 1. The second-order valence-electron chi connectivity index (χ2n) is 7.30. The van der Waals surface area contributed by atoms with E-state index >= 15 is 0 Å². The van der Waals surface area contributed by atoms with Gasteiger partial charge >= 0.3 is 0 Å². The second kappa shape index (κ2) is 5.56. The quantitative estimate of drug-likeness (QED) is 0.762. The number of aromatic nitrogens is 3. The summed E-state index contributed by atoms with van der Waals surface area (Å²) >= 11 is 0. The molecular weight excluding hydrogens is 326 g/mol. The molecule has 1 fully saturated rings. The van der Waals surface area contributed by atoms with Gasteiger partial charge in [0, 0.05) is 29.2 Å². The Morgan fingerprint density at radius 1 is 1.31 bits per heavy atom. The summed E-state index contributed by atoms with van der Waals surface area (Å²) in [6, 6.07) is 8.15. The van der Waals surface area contributed by atoms with Gasteiger partial charge in [0.1, 0.15) is 0 Å². The van der Waals surface area contributed by atoms with Crippen LogP contribution in [-0.4, -0.2) is 33.4 Å². The molecule has 0 radical (unpaired) electrons.